The SMILES string of the molecule is CCc1cc(C(=O)O)sc1C(=O)OC. The number of hydrogen-bond donors (Lipinski definition) is 1. The molecule has 0 spiro atoms. The van der Waals surface area contributed by atoms with Crippen molar-refractivity contribution in [1.29, 1.82) is 0 Å². The average molecular weight is 214 g/mol. The van der Waals surface area contributed by atoms with Gasteiger partial charge in [-0.15, -0.1) is 11.3 Å². The van der Waals surface area contributed by atoms with Crippen LogP contribution in [0.5, 0.6) is 0 Å². The van der Waals surface area contributed by atoms with E-state index >= 15 is 0 Å². The van der Waals surface area contributed by atoms with Gasteiger partial charge in [-0.2, -0.15) is 0 Å². The van der Waals surface area contributed by atoms with Crippen molar-refractivity contribution in [2.24, 2.45) is 0 Å². The van der Waals surface area contributed by atoms with Crippen LogP contribution in [-0.4, -0.2) is 24.2 Å². The van der Waals surface area contributed by atoms with Crippen LogP contribution in [0.1, 0.15) is 31.8 Å². The zero-order valence-corrected chi connectivity index (χ0v) is 8.68. The summed E-state index contributed by atoms with van der Waals surface area (Å²) in [7, 11) is 1.28. The molecule has 0 atom stereocenters. The van der Waals surface area contributed by atoms with Crippen molar-refractivity contribution in [1.82, 2.24) is 0 Å². The zero-order valence-electron chi connectivity index (χ0n) is 7.86. The van der Waals surface area contributed by atoms with E-state index in [-0.39, 0.29) is 4.88 Å². The van der Waals surface area contributed by atoms with E-state index in [1.54, 1.807) is 0 Å². The summed E-state index contributed by atoms with van der Waals surface area (Å²) in [6.07, 6.45) is 0.619. The second kappa shape index (κ2) is 4.23. The number of methoxy groups -OCH3 is 1. The molecule has 0 aliphatic heterocycles. The number of thiophene rings is 1. The van der Waals surface area contributed by atoms with Gasteiger partial charge in [0.25, 0.3) is 0 Å². The van der Waals surface area contributed by atoms with E-state index in [9.17, 15) is 9.59 Å². The molecule has 4 nitrogen and oxygen atoms in total. The number of carbonyl (C=O) groups is 2. The van der Waals surface area contributed by atoms with Gasteiger partial charge < -0.3 is 9.84 Å². The molecule has 76 valence electrons. The summed E-state index contributed by atoms with van der Waals surface area (Å²) in [6, 6.07) is 1.51. The maximum atomic E-state index is 11.2. The summed E-state index contributed by atoms with van der Waals surface area (Å²) in [4.78, 5) is 22.4. The van der Waals surface area contributed by atoms with Gasteiger partial charge in [0.15, 0.2) is 0 Å². The molecule has 0 saturated carbocycles. The highest BCUT2D eigenvalue weighted by Crippen LogP contribution is 2.23. The number of carboxylic acids is 1. The van der Waals surface area contributed by atoms with Crippen molar-refractivity contribution in [3.8, 4) is 0 Å². The van der Waals surface area contributed by atoms with Gasteiger partial charge in [-0.1, -0.05) is 6.92 Å². The van der Waals surface area contributed by atoms with E-state index in [1.807, 2.05) is 6.92 Å². The molecule has 5 heteroatoms. The smallest absolute Gasteiger partial charge is 0.348 e. The minimum Gasteiger partial charge on any atom is -0.477 e. The Labute approximate surface area is 85.1 Å². The predicted octanol–water partition coefficient (Wildman–Crippen LogP) is 1.80. The second-order valence-corrected chi connectivity index (χ2v) is 3.67. The van der Waals surface area contributed by atoms with E-state index in [4.69, 9.17) is 5.11 Å². The topological polar surface area (TPSA) is 63.6 Å². The van der Waals surface area contributed by atoms with Gasteiger partial charge in [-0.3, -0.25) is 0 Å². The fourth-order valence-corrected chi connectivity index (χ4v) is 2.07. The first-order valence-electron chi connectivity index (χ1n) is 4.04. The zero-order chi connectivity index (χ0) is 10.7. The summed E-state index contributed by atoms with van der Waals surface area (Å²) < 4.78 is 4.55. The lowest BCUT2D eigenvalue weighted by Gasteiger charge is -1.96. The molecule has 1 aromatic rings. The third-order valence-electron chi connectivity index (χ3n) is 1.77. The van der Waals surface area contributed by atoms with E-state index < -0.39 is 11.9 Å². The summed E-state index contributed by atoms with van der Waals surface area (Å²) in [6.45, 7) is 1.86. The van der Waals surface area contributed by atoms with Crippen LogP contribution in [0.15, 0.2) is 6.07 Å². The first-order valence-corrected chi connectivity index (χ1v) is 4.86. The summed E-state index contributed by atoms with van der Waals surface area (Å²) >= 11 is 0.951. The minimum absolute atomic E-state index is 0.169. The fraction of sp³-hybridized carbons (Fsp3) is 0.333. The van der Waals surface area contributed by atoms with Crippen molar-refractivity contribution in [3.63, 3.8) is 0 Å². The lowest BCUT2D eigenvalue weighted by molar-refractivity contribution is 0.0604. The number of aromatic carboxylic acids is 1. The van der Waals surface area contributed by atoms with Crippen molar-refractivity contribution >= 4 is 23.3 Å². The fourth-order valence-electron chi connectivity index (χ4n) is 1.06. The highest BCUT2D eigenvalue weighted by atomic mass is 32.1. The molecule has 1 N–H and O–H groups in total. The minimum atomic E-state index is -1.01. The third-order valence-corrected chi connectivity index (χ3v) is 2.92. The molecule has 0 saturated heterocycles. The third kappa shape index (κ3) is 1.93. The van der Waals surface area contributed by atoms with Crippen LogP contribution in [-0.2, 0) is 11.2 Å². The second-order valence-electron chi connectivity index (χ2n) is 2.62. The quantitative estimate of drug-likeness (QED) is 0.779. The Kier molecular flexibility index (Phi) is 3.24. The van der Waals surface area contributed by atoms with Gasteiger partial charge in [-0.05, 0) is 18.1 Å². The van der Waals surface area contributed by atoms with Crippen LogP contribution in [0.25, 0.3) is 0 Å². The number of carboxylic acid groups (broad SMARTS) is 1. The number of carbonyl (C=O) groups excluding carboxylic acids is 1. The van der Waals surface area contributed by atoms with E-state index in [1.165, 1.54) is 13.2 Å². The van der Waals surface area contributed by atoms with Crippen molar-refractivity contribution in [2.75, 3.05) is 7.11 Å². The Hall–Kier alpha value is -1.36. The lowest BCUT2D eigenvalue weighted by Crippen LogP contribution is -2.00. The molecule has 0 aliphatic carbocycles. The molecule has 14 heavy (non-hydrogen) atoms. The van der Waals surface area contributed by atoms with Crippen LogP contribution in [0.3, 0.4) is 0 Å². The maximum absolute atomic E-state index is 11.2. The van der Waals surface area contributed by atoms with E-state index in [0.29, 0.717) is 11.3 Å². The lowest BCUT2D eigenvalue weighted by atomic mass is 10.2. The van der Waals surface area contributed by atoms with Crippen LogP contribution < -0.4 is 0 Å². The van der Waals surface area contributed by atoms with Crippen molar-refractivity contribution < 1.29 is 19.4 Å². The van der Waals surface area contributed by atoms with Gasteiger partial charge in [0.2, 0.25) is 0 Å². The Morgan fingerprint density at radius 1 is 1.57 bits per heavy atom. The summed E-state index contributed by atoms with van der Waals surface area (Å²) in [5.41, 5.74) is 0.722. The molecule has 0 aromatic carbocycles. The van der Waals surface area contributed by atoms with Crippen LogP contribution >= 0.6 is 11.3 Å². The van der Waals surface area contributed by atoms with E-state index in [2.05, 4.69) is 4.74 Å². The Balaban J connectivity index is 3.15. The number of hydrogen-bond acceptors (Lipinski definition) is 4. The van der Waals surface area contributed by atoms with Crippen molar-refractivity contribution in [2.45, 2.75) is 13.3 Å². The van der Waals surface area contributed by atoms with Gasteiger partial charge in [0.1, 0.15) is 9.75 Å². The number of rotatable bonds is 3. The molecular formula is C9H10O4S. The molecule has 0 radical (unpaired) electrons. The van der Waals surface area contributed by atoms with Gasteiger partial charge >= 0.3 is 11.9 Å². The van der Waals surface area contributed by atoms with Gasteiger partial charge in [0, 0.05) is 0 Å². The first kappa shape index (κ1) is 10.7. The Bertz CT molecular complexity index is 367. The molecule has 0 bridgehead atoms. The Morgan fingerprint density at radius 2 is 2.21 bits per heavy atom. The molecule has 1 aromatic heterocycles. The van der Waals surface area contributed by atoms with Crippen LogP contribution in [0, 0.1) is 0 Å². The van der Waals surface area contributed by atoms with Gasteiger partial charge in [0.05, 0.1) is 7.11 Å². The van der Waals surface area contributed by atoms with Gasteiger partial charge in [-0.25, -0.2) is 9.59 Å². The molecule has 1 rings (SSSR count). The average Bonchev–Trinajstić information content (AvgIpc) is 2.60. The molecule has 0 aliphatic rings. The maximum Gasteiger partial charge on any atom is 0.348 e. The molecule has 0 fully saturated rings. The molecule has 0 amide bonds. The van der Waals surface area contributed by atoms with E-state index in [0.717, 1.165) is 16.9 Å². The number of esters is 1. The highest BCUT2D eigenvalue weighted by Gasteiger charge is 2.18. The van der Waals surface area contributed by atoms with Crippen LogP contribution in [0.2, 0.25) is 0 Å². The standard InChI is InChI=1S/C9H10O4S/c1-3-5-4-6(8(10)11)14-7(5)9(12)13-2/h4H,3H2,1-2H3,(H,10,11). The van der Waals surface area contributed by atoms with Crippen LogP contribution in [0.4, 0.5) is 0 Å². The molecule has 0 unspecified atom stereocenters. The first-order chi connectivity index (χ1) is 6.60. The normalized spacial score (nSPS) is 9.86. The monoisotopic (exact) mass is 214 g/mol. The summed E-state index contributed by atoms with van der Waals surface area (Å²) in [5.74, 6) is -1.49. The number of ether oxygens (including phenoxy) is 1. The number of aryl methyl sites for hydroxylation is 1. The Morgan fingerprint density at radius 3 is 2.64 bits per heavy atom. The molecular weight excluding hydrogens is 204 g/mol. The predicted molar refractivity (Wildman–Crippen MR) is 52.0 cm³/mol. The van der Waals surface area contributed by atoms with Crippen molar-refractivity contribution in [3.05, 3.63) is 21.4 Å². The highest BCUT2D eigenvalue weighted by molar-refractivity contribution is 7.16. The molecule has 1 heterocycles. The summed E-state index contributed by atoms with van der Waals surface area (Å²) in [5, 5.41) is 8.73. The largest absolute Gasteiger partial charge is 0.477 e.